The van der Waals surface area contributed by atoms with Crippen molar-refractivity contribution in [1.82, 2.24) is 0 Å². The molecule has 0 aliphatic rings. The summed E-state index contributed by atoms with van der Waals surface area (Å²) in [5.74, 6) is -0.490. The SMILES string of the molecule is COc1cc(CNc2ccc(C(=O)O)c(Cl)c2)c(Br)cc1OCc1ccc(F)cc1Cl. The number of carboxylic acids is 1. The predicted molar refractivity (Wildman–Crippen MR) is 122 cm³/mol. The first-order chi connectivity index (χ1) is 14.8. The van der Waals surface area contributed by atoms with Crippen molar-refractivity contribution >= 4 is 50.8 Å². The van der Waals surface area contributed by atoms with Crippen LogP contribution in [0.3, 0.4) is 0 Å². The second-order valence-electron chi connectivity index (χ2n) is 6.47. The van der Waals surface area contributed by atoms with Gasteiger partial charge in [0.25, 0.3) is 0 Å². The number of rotatable bonds is 8. The Bertz CT molecular complexity index is 1130. The number of anilines is 1. The summed E-state index contributed by atoms with van der Waals surface area (Å²) in [4.78, 5) is 11.1. The van der Waals surface area contributed by atoms with Crippen LogP contribution in [0.1, 0.15) is 21.5 Å². The molecule has 3 aromatic rings. The number of carbonyl (C=O) groups is 1. The quantitative estimate of drug-likeness (QED) is 0.337. The van der Waals surface area contributed by atoms with Gasteiger partial charge in [-0.25, -0.2) is 9.18 Å². The zero-order valence-electron chi connectivity index (χ0n) is 16.2. The van der Waals surface area contributed by atoms with E-state index in [2.05, 4.69) is 21.2 Å². The van der Waals surface area contributed by atoms with Crippen LogP contribution in [0.15, 0.2) is 53.0 Å². The van der Waals surface area contributed by atoms with Crippen molar-refractivity contribution in [1.29, 1.82) is 0 Å². The van der Waals surface area contributed by atoms with Crippen molar-refractivity contribution in [2.45, 2.75) is 13.2 Å². The lowest BCUT2D eigenvalue weighted by molar-refractivity contribution is 0.0697. The molecule has 0 heterocycles. The van der Waals surface area contributed by atoms with E-state index in [0.29, 0.717) is 29.3 Å². The molecule has 0 atom stereocenters. The van der Waals surface area contributed by atoms with E-state index < -0.39 is 11.8 Å². The summed E-state index contributed by atoms with van der Waals surface area (Å²) >= 11 is 15.6. The Kier molecular flexibility index (Phi) is 7.64. The van der Waals surface area contributed by atoms with Crippen LogP contribution >= 0.6 is 39.1 Å². The molecular formula is C22H17BrCl2FNO4. The molecule has 0 aliphatic heterocycles. The first-order valence-electron chi connectivity index (χ1n) is 8.98. The van der Waals surface area contributed by atoms with Crippen LogP contribution in [0.2, 0.25) is 10.0 Å². The van der Waals surface area contributed by atoms with Gasteiger partial charge in [-0.15, -0.1) is 0 Å². The molecule has 0 unspecified atom stereocenters. The molecule has 0 bridgehead atoms. The van der Waals surface area contributed by atoms with Crippen LogP contribution in [0.25, 0.3) is 0 Å². The fourth-order valence-electron chi connectivity index (χ4n) is 2.78. The third-order valence-corrected chi connectivity index (χ3v) is 5.82. The maximum absolute atomic E-state index is 13.2. The van der Waals surface area contributed by atoms with E-state index in [1.54, 1.807) is 24.3 Å². The topological polar surface area (TPSA) is 67.8 Å². The van der Waals surface area contributed by atoms with Gasteiger partial charge in [-0.1, -0.05) is 45.2 Å². The monoisotopic (exact) mass is 527 g/mol. The second-order valence-corrected chi connectivity index (χ2v) is 8.14. The maximum atomic E-state index is 13.2. The summed E-state index contributed by atoms with van der Waals surface area (Å²) in [6.07, 6.45) is 0. The number of carboxylic acid groups (broad SMARTS) is 1. The van der Waals surface area contributed by atoms with E-state index in [1.165, 1.54) is 25.3 Å². The minimum Gasteiger partial charge on any atom is -0.493 e. The van der Waals surface area contributed by atoms with Gasteiger partial charge in [0.05, 0.1) is 22.7 Å². The Morgan fingerprint density at radius 3 is 2.48 bits per heavy atom. The highest BCUT2D eigenvalue weighted by molar-refractivity contribution is 9.10. The number of methoxy groups -OCH3 is 1. The highest BCUT2D eigenvalue weighted by Crippen LogP contribution is 2.35. The Labute approximate surface area is 196 Å². The largest absolute Gasteiger partial charge is 0.493 e. The molecule has 0 aliphatic carbocycles. The van der Waals surface area contributed by atoms with Gasteiger partial charge in [0, 0.05) is 22.3 Å². The fourth-order valence-corrected chi connectivity index (χ4v) is 3.72. The first-order valence-corrected chi connectivity index (χ1v) is 10.5. The van der Waals surface area contributed by atoms with Crippen LogP contribution < -0.4 is 14.8 Å². The van der Waals surface area contributed by atoms with Crippen LogP contribution in [-0.2, 0) is 13.2 Å². The normalized spacial score (nSPS) is 10.6. The van der Waals surface area contributed by atoms with Crippen molar-refractivity contribution in [2.75, 3.05) is 12.4 Å². The van der Waals surface area contributed by atoms with E-state index in [4.69, 9.17) is 37.8 Å². The van der Waals surface area contributed by atoms with Gasteiger partial charge >= 0.3 is 5.97 Å². The number of hydrogen-bond acceptors (Lipinski definition) is 4. The Morgan fingerprint density at radius 1 is 1.06 bits per heavy atom. The number of halogens is 4. The van der Waals surface area contributed by atoms with Gasteiger partial charge < -0.3 is 19.9 Å². The number of nitrogens with one attached hydrogen (secondary N) is 1. The van der Waals surface area contributed by atoms with Crippen LogP contribution in [0.5, 0.6) is 11.5 Å². The summed E-state index contributed by atoms with van der Waals surface area (Å²) in [6, 6.07) is 12.3. The van der Waals surface area contributed by atoms with Crippen molar-refractivity contribution in [3.8, 4) is 11.5 Å². The van der Waals surface area contributed by atoms with Crippen molar-refractivity contribution < 1.29 is 23.8 Å². The Balaban J connectivity index is 1.73. The van der Waals surface area contributed by atoms with E-state index in [0.717, 1.165) is 10.0 Å². The highest BCUT2D eigenvalue weighted by atomic mass is 79.9. The third kappa shape index (κ3) is 5.81. The van der Waals surface area contributed by atoms with Gasteiger partial charge in [0.2, 0.25) is 0 Å². The lowest BCUT2D eigenvalue weighted by Gasteiger charge is -2.15. The Morgan fingerprint density at radius 2 is 1.84 bits per heavy atom. The van der Waals surface area contributed by atoms with Crippen LogP contribution in [0, 0.1) is 5.82 Å². The molecule has 0 aromatic heterocycles. The fraction of sp³-hybridized carbons (Fsp3) is 0.136. The van der Waals surface area contributed by atoms with E-state index in [9.17, 15) is 9.18 Å². The molecule has 2 N–H and O–H groups in total. The van der Waals surface area contributed by atoms with Crippen molar-refractivity contribution in [2.24, 2.45) is 0 Å². The van der Waals surface area contributed by atoms with E-state index in [1.807, 2.05) is 6.07 Å². The molecule has 9 heteroatoms. The van der Waals surface area contributed by atoms with Gasteiger partial charge in [-0.3, -0.25) is 0 Å². The number of hydrogen-bond donors (Lipinski definition) is 2. The molecule has 162 valence electrons. The van der Waals surface area contributed by atoms with E-state index in [-0.39, 0.29) is 22.2 Å². The van der Waals surface area contributed by atoms with Gasteiger partial charge in [-0.2, -0.15) is 0 Å². The lowest BCUT2D eigenvalue weighted by Crippen LogP contribution is -2.04. The summed E-state index contributed by atoms with van der Waals surface area (Å²) in [7, 11) is 1.53. The Hall–Kier alpha value is -2.48. The van der Waals surface area contributed by atoms with Crippen molar-refractivity contribution in [3.05, 3.63) is 85.6 Å². The molecule has 0 amide bonds. The molecule has 0 spiro atoms. The minimum atomic E-state index is -1.08. The van der Waals surface area contributed by atoms with Gasteiger partial charge in [-0.05, 0) is 48.0 Å². The average molecular weight is 529 g/mol. The molecule has 3 aromatic carbocycles. The molecular weight excluding hydrogens is 512 g/mol. The predicted octanol–water partition coefficient (Wildman–Crippen LogP) is 6.79. The maximum Gasteiger partial charge on any atom is 0.337 e. The molecule has 5 nitrogen and oxygen atoms in total. The smallest absolute Gasteiger partial charge is 0.337 e. The van der Waals surface area contributed by atoms with Crippen molar-refractivity contribution in [3.63, 3.8) is 0 Å². The second kappa shape index (κ2) is 10.2. The molecule has 31 heavy (non-hydrogen) atoms. The molecule has 0 saturated heterocycles. The van der Waals surface area contributed by atoms with Crippen LogP contribution in [-0.4, -0.2) is 18.2 Å². The highest BCUT2D eigenvalue weighted by Gasteiger charge is 2.13. The zero-order chi connectivity index (χ0) is 22.5. The minimum absolute atomic E-state index is 0.0397. The number of aromatic carboxylic acids is 1. The number of ether oxygens (including phenoxy) is 2. The summed E-state index contributed by atoms with van der Waals surface area (Å²) < 4.78 is 25.2. The molecule has 0 fully saturated rings. The summed E-state index contributed by atoms with van der Waals surface area (Å²) in [6.45, 7) is 0.567. The summed E-state index contributed by atoms with van der Waals surface area (Å²) in [5.41, 5.74) is 2.24. The number of benzene rings is 3. The molecule has 0 radical (unpaired) electrons. The average Bonchev–Trinajstić information content (AvgIpc) is 2.72. The van der Waals surface area contributed by atoms with Gasteiger partial charge in [0.1, 0.15) is 12.4 Å². The standard InChI is InChI=1S/C22H17BrCl2FNO4/c1-30-20-6-13(10-27-15-4-5-16(22(28)29)19(25)8-15)17(23)9-21(20)31-11-12-2-3-14(26)7-18(12)24/h2-9,27H,10-11H2,1H3,(H,28,29). The van der Waals surface area contributed by atoms with Crippen LogP contribution in [0.4, 0.5) is 10.1 Å². The third-order valence-electron chi connectivity index (χ3n) is 4.41. The molecule has 3 rings (SSSR count). The van der Waals surface area contributed by atoms with Gasteiger partial charge in [0.15, 0.2) is 11.5 Å². The zero-order valence-corrected chi connectivity index (χ0v) is 19.3. The molecule has 0 saturated carbocycles. The lowest BCUT2D eigenvalue weighted by atomic mass is 10.1. The first kappa shape index (κ1) is 23.2. The summed E-state index contributed by atoms with van der Waals surface area (Å²) in [5, 5.41) is 12.7. The van der Waals surface area contributed by atoms with E-state index >= 15 is 0 Å².